The zero-order chi connectivity index (χ0) is 22.5. The summed E-state index contributed by atoms with van der Waals surface area (Å²) in [5.41, 5.74) is 5.45. The number of benzene rings is 2. The summed E-state index contributed by atoms with van der Waals surface area (Å²) in [6.07, 6.45) is 1.93. The predicted molar refractivity (Wildman–Crippen MR) is 117 cm³/mol. The molecule has 0 aliphatic rings. The number of nitrogens with one attached hydrogen (secondary N) is 1. The minimum Gasteiger partial charge on any atom is -0.271 e. The largest absolute Gasteiger partial charge is 0.301 e. The third-order valence-electron chi connectivity index (χ3n) is 4.60. The number of halogens is 1. The number of non-ortho nitro benzene ring substituents is 1. The Morgan fingerprint density at radius 3 is 2.35 bits per heavy atom. The van der Waals surface area contributed by atoms with Crippen LogP contribution in [0, 0.1) is 34.1 Å². The Labute approximate surface area is 182 Å². The van der Waals surface area contributed by atoms with Crippen LogP contribution in [0.15, 0.2) is 65.9 Å². The SMILES string of the molecule is Cc1cc[n+](C/C(=N\Nc2ccc([N+](=O)[O-])cc2[N+](=O)[O-])c2ccc(Cl)cc2)c(C)c1. The average Bonchev–Trinajstić information content (AvgIpc) is 2.73. The summed E-state index contributed by atoms with van der Waals surface area (Å²) in [6.45, 7) is 4.36. The molecule has 0 aliphatic carbocycles. The van der Waals surface area contributed by atoms with Gasteiger partial charge in [0, 0.05) is 35.7 Å². The highest BCUT2D eigenvalue weighted by Crippen LogP contribution is 2.29. The highest BCUT2D eigenvalue weighted by molar-refractivity contribution is 6.30. The molecule has 0 aliphatic heterocycles. The quantitative estimate of drug-likeness (QED) is 0.250. The Kier molecular flexibility index (Phi) is 6.56. The number of nitro groups is 2. The molecule has 31 heavy (non-hydrogen) atoms. The molecule has 0 saturated carbocycles. The fourth-order valence-electron chi connectivity index (χ4n) is 2.96. The standard InChI is InChI=1S/C21H19ClN5O4/c1-14-9-10-25(15(2)11-14)13-20(16-3-5-17(22)6-4-16)24-23-19-8-7-18(26(28)29)12-21(19)27(30)31/h3-12,23H,13H2,1-2H3/q+1/b24-20+. The van der Waals surface area contributed by atoms with E-state index in [0.717, 1.165) is 22.9 Å². The summed E-state index contributed by atoms with van der Waals surface area (Å²) < 4.78 is 1.99. The van der Waals surface area contributed by atoms with Gasteiger partial charge >= 0.3 is 5.69 Å². The van der Waals surface area contributed by atoms with Crippen molar-refractivity contribution in [1.29, 1.82) is 0 Å². The summed E-state index contributed by atoms with van der Waals surface area (Å²) in [4.78, 5) is 21.0. The van der Waals surface area contributed by atoms with E-state index in [1.807, 2.05) is 36.7 Å². The van der Waals surface area contributed by atoms with Gasteiger partial charge in [0.2, 0.25) is 0 Å². The smallest absolute Gasteiger partial charge is 0.271 e. The van der Waals surface area contributed by atoms with Gasteiger partial charge in [0.05, 0.1) is 15.9 Å². The molecule has 1 heterocycles. The highest BCUT2D eigenvalue weighted by Gasteiger charge is 2.20. The van der Waals surface area contributed by atoms with Crippen LogP contribution in [0.1, 0.15) is 16.8 Å². The molecule has 0 radical (unpaired) electrons. The van der Waals surface area contributed by atoms with Crippen LogP contribution in [-0.2, 0) is 6.54 Å². The molecule has 10 heteroatoms. The van der Waals surface area contributed by atoms with Gasteiger partial charge in [0.1, 0.15) is 11.4 Å². The number of hydrazone groups is 1. The number of rotatable bonds is 7. The zero-order valence-corrected chi connectivity index (χ0v) is 17.5. The van der Waals surface area contributed by atoms with Gasteiger partial charge in [-0.25, -0.2) is 0 Å². The fourth-order valence-corrected chi connectivity index (χ4v) is 3.09. The lowest BCUT2D eigenvalue weighted by molar-refractivity contribution is -0.687. The lowest BCUT2D eigenvalue weighted by atomic mass is 10.1. The molecule has 1 aromatic heterocycles. The zero-order valence-electron chi connectivity index (χ0n) is 16.8. The third kappa shape index (κ3) is 5.40. The van der Waals surface area contributed by atoms with E-state index in [1.54, 1.807) is 24.3 Å². The minimum absolute atomic E-state index is 0.0488. The molecule has 2 aromatic carbocycles. The number of pyridine rings is 1. The van der Waals surface area contributed by atoms with Crippen LogP contribution in [0.3, 0.4) is 0 Å². The third-order valence-corrected chi connectivity index (χ3v) is 4.86. The Morgan fingerprint density at radius 1 is 1.03 bits per heavy atom. The highest BCUT2D eigenvalue weighted by atomic mass is 35.5. The first-order valence-corrected chi connectivity index (χ1v) is 9.60. The second kappa shape index (κ2) is 9.31. The first kappa shape index (κ1) is 21.8. The van der Waals surface area contributed by atoms with Crippen molar-refractivity contribution in [3.63, 3.8) is 0 Å². The van der Waals surface area contributed by atoms with Crippen molar-refractivity contribution in [3.05, 3.63) is 103 Å². The van der Waals surface area contributed by atoms with Crippen LogP contribution in [0.2, 0.25) is 5.02 Å². The maximum absolute atomic E-state index is 11.4. The number of aryl methyl sites for hydroxylation is 2. The lowest BCUT2D eigenvalue weighted by Crippen LogP contribution is -2.41. The van der Waals surface area contributed by atoms with Gasteiger partial charge in [0.25, 0.3) is 5.69 Å². The second-order valence-electron chi connectivity index (χ2n) is 6.87. The van der Waals surface area contributed by atoms with E-state index in [0.29, 0.717) is 17.3 Å². The Hall–Kier alpha value is -3.85. The van der Waals surface area contributed by atoms with Crippen molar-refractivity contribution in [3.8, 4) is 0 Å². The molecule has 3 rings (SSSR count). The normalized spacial score (nSPS) is 11.3. The molecule has 3 aromatic rings. The van der Waals surface area contributed by atoms with Crippen molar-refractivity contribution in [1.82, 2.24) is 0 Å². The van der Waals surface area contributed by atoms with Crippen LogP contribution in [0.5, 0.6) is 0 Å². The minimum atomic E-state index is -0.689. The monoisotopic (exact) mass is 440 g/mol. The first-order valence-electron chi connectivity index (χ1n) is 9.22. The Balaban J connectivity index is 2.00. The van der Waals surface area contributed by atoms with Crippen LogP contribution in [0.4, 0.5) is 17.1 Å². The van der Waals surface area contributed by atoms with Gasteiger partial charge in [-0.1, -0.05) is 23.7 Å². The molecular weight excluding hydrogens is 422 g/mol. The number of hydrogen-bond donors (Lipinski definition) is 1. The van der Waals surface area contributed by atoms with Gasteiger partial charge in [-0.15, -0.1) is 0 Å². The van der Waals surface area contributed by atoms with Gasteiger partial charge in [0.15, 0.2) is 18.4 Å². The maximum Gasteiger partial charge on any atom is 0.301 e. The summed E-state index contributed by atoms with van der Waals surface area (Å²) in [6, 6.07) is 14.4. The summed E-state index contributed by atoms with van der Waals surface area (Å²) in [7, 11) is 0. The molecule has 0 unspecified atom stereocenters. The van der Waals surface area contributed by atoms with Gasteiger partial charge in [-0.05, 0) is 30.7 Å². The van der Waals surface area contributed by atoms with Crippen LogP contribution in [-0.4, -0.2) is 15.6 Å². The van der Waals surface area contributed by atoms with Crippen molar-refractivity contribution < 1.29 is 14.4 Å². The van der Waals surface area contributed by atoms with E-state index in [1.165, 1.54) is 12.1 Å². The molecule has 158 valence electrons. The number of hydrogen-bond acceptors (Lipinski definition) is 6. The molecule has 0 fully saturated rings. The van der Waals surface area contributed by atoms with E-state index in [-0.39, 0.29) is 11.4 Å². The fraction of sp³-hybridized carbons (Fsp3) is 0.143. The van der Waals surface area contributed by atoms with Crippen LogP contribution < -0.4 is 9.99 Å². The Morgan fingerprint density at radius 2 is 1.74 bits per heavy atom. The van der Waals surface area contributed by atoms with Gasteiger partial charge < -0.3 is 0 Å². The molecule has 0 bridgehead atoms. The first-order chi connectivity index (χ1) is 14.7. The molecule has 0 saturated heterocycles. The molecule has 0 spiro atoms. The van der Waals surface area contributed by atoms with Crippen molar-refractivity contribution >= 4 is 34.4 Å². The maximum atomic E-state index is 11.4. The van der Waals surface area contributed by atoms with Crippen LogP contribution >= 0.6 is 11.6 Å². The van der Waals surface area contributed by atoms with Crippen LogP contribution in [0.25, 0.3) is 0 Å². The molecule has 0 atom stereocenters. The lowest BCUT2D eigenvalue weighted by Gasteiger charge is -2.08. The van der Waals surface area contributed by atoms with Crippen molar-refractivity contribution in [2.75, 3.05) is 5.43 Å². The predicted octanol–water partition coefficient (Wildman–Crippen LogP) is 4.58. The van der Waals surface area contributed by atoms with E-state index < -0.39 is 15.5 Å². The summed E-state index contributed by atoms with van der Waals surface area (Å²) >= 11 is 6.00. The van der Waals surface area contributed by atoms with E-state index >= 15 is 0 Å². The molecule has 0 amide bonds. The average molecular weight is 441 g/mol. The Bertz CT molecular complexity index is 1180. The molecular formula is C21H19ClN5O4+. The van der Waals surface area contributed by atoms with E-state index in [2.05, 4.69) is 10.5 Å². The number of anilines is 1. The molecule has 1 N–H and O–H groups in total. The molecule has 9 nitrogen and oxygen atoms in total. The van der Waals surface area contributed by atoms with Gasteiger partial charge in [-0.2, -0.15) is 9.67 Å². The van der Waals surface area contributed by atoms with Crippen molar-refractivity contribution in [2.45, 2.75) is 20.4 Å². The summed E-state index contributed by atoms with van der Waals surface area (Å²) in [5, 5.41) is 27.3. The number of nitrogens with zero attached hydrogens (tertiary/aromatic N) is 4. The van der Waals surface area contributed by atoms with E-state index in [4.69, 9.17) is 11.6 Å². The number of aromatic nitrogens is 1. The van der Waals surface area contributed by atoms with Gasteiger partial charge in [-0.3, -0.25) is 25.7 Å². The summed E-state index contributed by atoms with van der Waals surface area (Å²) in [5.74, 6) is 0. The van der Waals surface area contributed by atoms with E-state index in [9.17, 15) is 20.2 Å². The topological polar surface area (TPSA) is 115 Å². The number of nitro benzene ring substituents is 2. The second-order valence-corrected chi connectivity index (χ2v) is 7.30. The van der Waals surface area contributed by atoms with Crippen molar-refractivity contribution in [2.24, 2.45) is 5.10 Å².